The second-order valence-electron chi connectivity index (χ2n) is 6.72. The molecule has 1 aromatic carbocycles. The first-order valence-corrected chi connectivity index (χ1v) is 9.99. The Bertz CT molecular complexity index is 793. The molecule has 7 heteroatoms. The summed E-state index contributed by atoms with van der Waals surface area (Å²) in [4.78, 5) is 21.2. The van der Waals surface area contributed by atoms with Crippen molar-refractivity contribution in [1.82, 2.24) is 9.88 Å². The van der Waals surface area contributed by atoms with Crippen molar-refractivity contribution in [2.75, 3.05) is 44.3 Å². The number of pyridine rings is 1. The second kappa shape index (κ2) is 8.27. The molecule has 4 rings (SSSR count). The quantitative estimate of drug-likeness (QED) is 0.744. The molecule has 1 aromatic heterocycles. The maximum atomic E-state index is 12.8. The highest BCUT2D eigenvalue weighted by atomic mass is 79.9. The maximum Gasteiger partial charge on any atom is 0.253 e. The third kappa shape index (κ3) is 4.25. The zero-order valence-electron chi connectivity index (χ0n) is 15.0. The van der Waals surface area contributed by atoms with Gasteiger partial charge in [0.05, 0.1) is 24.2 Å². The first-order valence-electron chi connectivity index (χ1n) is 9.20. The number of ether oxygens (including phenoxy) is 2. The van der Waals surface area contributed by atoms with Gasteiger partial charge >= 0.3 is 0 Å². The average molecular weight is 432 g/mol. The van der Waals surface area contributed by atoms with Crippen LogP contribution in [0.1, 0.15) is 16.8 Å². The number of hydrogen-bond acceptors (Lipinski definition) is 5. The van der Waals surface area contributed by atoms with Gasteiger partial charge in [0.1, 0.15) is 6.10 Å². The standard InChI is InChI=1S/C20H22BrN3O3/c21-18-2-1-8-22-19(18)27-17-7-9-24(14-17)20(25)15-3-5-16(6-4-15)23-10-12-26-13-11-23/h1-6,8,17H,7,9-14H2. The molecule has 2 aliphatic heterocycles. The zero-order chi connectivity index (χ0) is 18.6. The highest BCUT2D eigenvalue weighted by molar-refractivity contribution is 9.10. The minimum atomic E-state index is -0.0345. The molecule has 2 saturated heterocycles. The molecule has 0 radical (unpaired) electrons. The van der Waals surface area contributed by atoms with Crippen LogP contribution in [0.2, 0.25) is 0 Å². The van der Waals surface area contributed by atoms with E-state index in [0.717, 1.165) is 42.9 Å². The Hall–Kier alpha value is -2.12. The summed E-state index contributed by atoms with van der Waals surface area (Å²) in [5.41, 5.74) is 1.85. The molecule has 1 amide bonds. The monoisotopic (exact) mass is 431 g/mol. The molecule has 2 aromatic rings. The third-order valence-electron chi connectivity index (χ3n) is 4.93. The Kier molecular flexibility index (Phi) is 5.59. The number of anilines is 1. The minimum Gasteiger partial charge on any atom is -0.472 e. The van der Waals surface area contributed by atoms with Crippen LogP contribution in [-0.4, -0.2) is 61.3 Å². The first-order chi connectivity index (χ1) is 13.2. The van der Waals surface area contributed by atoms with Gasteiger partial charge in [-0.25, -0.2) is 4.98 Å². The van der Waals surface area contributed by atoms with E-state index in [1.54, 1.807) is 6.20 Å². The number of carbonyl (C=O) groups excluding carboxylic acids is 1. The number of nitrogens with zero attached hydrogens (tertiary/aromatic N) is 3. The van der Waals surface area contributed by atoms with Gasteiger partial charge in [-0.15, -0.1) is 0 Å². The van der Waals surface area contributed by atoms with E-state index in [9.17, 15) is 4.79 Å². The van der Waals surface area contributed by atoms with E-state index < -0.39 is 0 Å². The van der Waals surface area contributed by atoms with Crippen LogP contribution < -0.4 is 9.64 Å². The van der Waals surface area contributed by atoms with Crippen molar-refractivity contribution in [2.45, 2.75) is 12.5 Å². The number of morpholine rings is 1. The summed E-state index contributed by atoms with van der Waals surface area (Å²) in [6, 6.07) is 11.6. The van der Waals surface area contributed by atoms with E-state index in [1.165, 1.54) is 0 Å². The summed E-state index contributed by atoms with van der Waals surface area (Å²) >= 11 is 3.44. The van der Waals surface area contributed by atoms with Gasteiger partial charge in [0.15, 0.2) is 0 Å². The predicted octanol–water partition coefficient (Wildman–Crippen LogP) is 2.97. The number of aromatic nitrogens is 1. The van der Waals surface area contributed by atoms with Gasteiger partial charge in [-0.3, -0.25) is 4.79 Å². The smallest absolute Gasteiger partial charge is 0.253 e. The van der Waals surface area contributed by atoms with Gasteiger partial charge in [0, 0.05) is 43.5 Å². The molecule has 27 heavy (non-hydrogen) atoms. The molecule has 6 nitrogen and oxygen atoms in total. The van der Waals surface area contributed by atoms with E-state index in [0.29, 0.717) is 24.5 Å². The van der Waals surface area contributed by atoms with Crippen molar-refractivity contribution in [3.05, 3.63) is 52.6 Å². The zero-order valence-corrected chi connectivity index (χ0v) is 16.6. The molecule has 0 spiro atoms. The number of amides is 1. The molecule has 0 N–H and O–H groups in total. The molecular formula is C20H22BrN3O3. The lowest BCUT2D eigenvalue weighted by atomic mass is 10.1. The number of benzene rings is 1. The Labute approximate surface area is 167 Å². The van der Waals surface area contributed by atoms with Crippen molar-refractivity contribution in [3.8, 4) is 5.88 Å². The largest absolute Gasteiger partial charge is 0.472 e. The molecule has 2 aliphatic rings. The summed E-state index contributed by atoms with van der Waals surface area (Å²) < 4.78 is 12.2. The summed E-state index contributed by atoms with van der Waals surface area (Å²) in [5, 5.41) is 0. The Balaban J connectivity index is 1.36. The summed E-state index contributed by atoms with van der Waals surface area (Å²) in [6.07, 6.45) is 2.47. The fourth-order valence-electron chi connectivity index (χ4n) is 3.44. The summed E-state index contributed by atoms with van der Waals surface area (Å²) in [5.74, 6) is 0.626. The van der Waals surface area contributed by atoms with Gasteiger partial charge in [-0.05, 0) is 52.3 Å². The van der Waals surface area contributed by atoms with Gasteiger partial charge in [-0.2, -0.15) is 0 Å². The minimum absolute atomic E-state index is 0.0345. The lowest BCUT2D eigenvalue weighted by Crippen LogP contribution is -2.36. The third-order valence-corrected chi connectivity index (χ3v) is 5.53. The van der Waals surface area contributed by atoms with Crippen molar-refractivity contribution < 1.29 is 14.3 Å². The first kappa shape index (κ1) is 18.3. The van der Waals surface area contributed by atoms with E-state index in [2.05, 4.69) is 25.8 Å². The number of hydrogen-bond donors (Lipinski definition) is 0. The van der Waals surface area contributed by atoms with E-state index >= 15 is 0 Å². The van der Waals surface area contributed by atoms with Crippen molar-refractivity contribution in [2.24, 2.45) is 0 Å². The molecule has 0 bridgehead atoms. The molecule has 2 fully saturated rings. The Morgan fingerprint density at radius 2 is 1.93 bits per heavy atom. The highest BCUT2D eigenvalue weighted by Gasteiger charge is 2.29. The molecule has 142 valence electrons. The van der Waals surface area contributed by atoms with Crippen LogP contribution in [0.15, 0.2) is 47.1 Å². The fraction of sp³-hybridized carbons (Fsp3) is 0.400. The van der Waals surface area contributed by atoms with Crippen LogP contribution in [-0.2, 0) is 4.74 Å². The Morgan fingerprint density at radius 1 is 1.15 bits per heavy atom. The number of rotatable bonds is 4. The topological polar surface area (TPSA) is 54.9 Å². The van der Waals surface area contributed by atoms with Gasteiger partial charge in [-0.1, -0.05) is 0 Å². The maximum absolute atomic E-state index is 12.8. The molecule has 0 aliphatic carbocycles. The van der Waals surface area contributed by atoms with Crippen molar-refractivity contribution in [1.29, 1.82) is 0 Å². The summed E-state index contributed by atoms with van der Waals surface area (Å²) in [7, 11) is 0. The molecule has 3 heterocycles. The number of halogens is 1. The lowest BCUT2D eigenvalue weighted by molar-refractivity contribution is 0.0771. The van der Waals surface area contributed by atoms with Crippen LogP contribution in [0.4, 0.5) is 5.69 Å². The van der Waals surface area contributed by atoms with E-state index in [4.69, 9.17) is 9.47 Å². The molecular weight excluding hydrogens is 410 g/mol. The fourth-order valence-corrected chi connectivity index (χ4v) is 3.79. The molecule has 0 saturated carbocycles. The van der Waals surface area contributed by atoms with Crippen LogP contribution in [0, 0.1) is 0 Å². The predicted molar refractivity (Wildman–Crippen MR) is 106 cm³/mol. The second-order valence-corrected chi connectivity index (χ2v) is 7.57. The number of carbonyl (C=O) groups is 1. The van der Waals surface area contributed by atoms with Crippen LogP contribution >= 0.6 is 15.9 Å². The highest BCUT2D eigenvalue weighted by Crippen LogP contribution is 2.25. The average Bonchev–Trinajstić information content (AvgIpc) is 3.18. The van der Waals surface area contributed by atoms with Crippen LogP contribution in [0.25, 0.3) is 0 Å². The van der Waals surface area contributed by atoms with E-state index in [-0.39, 0.29) is 12.0 Å². The van der Waals surface area contributed by atoms with Crippen LogP contribution in [0.3, 0.4) is 0 Å². The lowest BCUT2D eigenvalue weighted by Gasteiger charge is -2.29. The summed E-state index contributed by atoms with van der Waals surface area (Å²) in [6.45, 7) is 4.56. The molecule has 1 atom stereocenters. The molecule has 1 unspecified atom stereocenters. The number of likely N-dealkylation sites (tertiary alicyclic amines) is 1. The normalized spacial score (nSPS) is 20.0. The van der Waals surface area contributed by atoms with Crippen LogP contribution in [0.5, 0.6) is 5.88 Å². The Morgan fingerprint density at radius 3 is 2.67 bits per heavy atom. The van der Waals surface area contributed by atoms with Crippen molar-refractivity contribution >= 4 is 27.5 Å². The van der Waals surface area contributed by atoms with Gasteiger partial charge in [0.2, 0.25) is 5.88 Å². The van der Waals surface area contributed by atoms with E-state index in [1.807, 2.05) is 41.3 Å². The van der Waals surface area contributed by atoms with Gasteiger partial charge in [0.25, 0.3) is 5.91 Å². The van der Waals surface area contributed by atoms with Crippen molar-refractivity contribution in [3.63, 3.8) is 0 Å². The SMILES string of the molecule is O=C(c1ccc(N2CCOCC2)cc1)N1CCC(Oc2ncccc2Br)C1. The van der Waals surface area contributed by atoms with Gasteiger partial charge < -0.3 is 19.3 Å².